The molecule has 0 unspecified atom stereocenters. The van der Waals surface area contributed by atoms with Crippen molar-refractivity contribution in [3.63, 3.8) is 0 Å². The van der Waals surface area contributed by atoms with E-state index >= 15 is 0 Å². The van der Waals surface area contributed by atoms with Gasteiger partial charge in [0.1, 0.15) is 11.5 Å². The average Bonchev–Trinajstić information content (AvgIpc) is 3.46. The van der Waals surface area contributed by atoms with Crippen LogP contribution < -0.4 is 10.2 Å². The first kappa shape index (κ1) is 27.6. The van der Waals surface area contributed by atoms with Gasteiger partial charge in [0.2, 0.25) is 5.91 Å². The Morgan fingerprint density at radius 2 is 1.62 bits per heavy atom. The van der Waals surface area contributed by atoms with Gasteiger partial charge in [-0.05, 0) is 78.7 Å². The van der Waals surface area contributed by atoms with Crippen molar-refractivity contribution >= 4 is 52.5 Å². The number of hydrogen-bond donors (Lipinski definition) is 1. The molecule has 0 bridgehead atoms. The molecule has 0 atom stereocenters. The Balaban J connectivity index is 1.12. The second-order valence-corrected chi connectivity index (χ2v) is 10.3. The molecular formula is C32H29Cl2N3O3. The quantitative estimate of drug-likeness (QED) is 0.233. The van der Waals surface area contributed by atoms with Gasteiger partial charge in [-0.2, -0.15) is 0 Å². The molecule has 2 amide bonds. The topological polar surface area (TPSA) is 65.8 Å². The largest absolute Gasteiger partial charge is 0.457 e. The van der Waals surface area contributed by atoms with Crippen LogP contribution in [0.15, 0.2) is 89.4 Å². The van der Waals surface area contributed by atoms with Crippen LogP contribution in [0.25, 0.3) is 17.4 Å². The van der Waals surface area contributed by atoms with E-state index in [9.17, 15) is 9.59 Å². The Morgan fingerprint density at radius 3 is 2.33 bits per heavy atom. The number of rotatable bonds is 7. The van der Waals surface area contributed by atoms with Crippen LogP contribution in [0.1, 0.15) is 28.6 Å². The third-order valence-corrected chi connectivity index (χ3v) is 7.74. The number of nitrogens with one attached hydrogen (secondary N) is 1. The smallest absolute Gasteiger partial charge is 0.253 e. The van der Waals surface area contributed by atoms with Crippen LogP contribution in [-0.2, 0) is 11.2 Å². The first-order valence-electron chi connectivity index (χ1n) is 13.2. The summed E-state index contributed by atoms with van der Waals surface area (Å²) in [7, 11) is 0. The Labute approximate surface area is 243 Å². The standard InChI is InChI=1S/C32H29Cl2N3O3/c1-2-22-6-8-23(9-7-22)32(39)37-20-18-36(19-21-37)25-12-10-24(11-13-25)35-30(38)17-15-26-14-16-29(40-26)27-4-3-5-28(33)31(27)34/h3-17H,2,18-21H2,1H3,(H,35,38)/b17-15+. The van der Waals surface area contributed by atoms with Crippen molar-refractivity contribution in [2.75, 3.05) is 36.4 Å². The van der Waals surface area contributed by atoms with Crippen molar-refractivity contribution in [1.29, 1.82) is 0 Å². The highest BCUT2D eigenvalue weighted by Gasteiger charge is 2.22. The number of piperazine rings is 1. The zero-order valence-electron chi connectivity index (χ0n) is 22.1. The zero-order valence-corrected chi connectivity index (χ0v) is 23.6. The Hall–Kier alpha value is -4.00. The summed E-state index contributed by atoms with van der Waals surface area (Å²) in [6.07, 6.45) is 3.98. The van der Waals surface area contributed by atoms with Crippen LogP contribution >= 0.6 is 23.2 Å². The summed E-state index contributed by atoms with van der Waals surface area (Å²) in [5, 5.41) is 3.74. The maximum atomic E-state index is 12.9. The van der Waals surface area contributed by atoms with Gasteiger partial charge in [-0.3, -0.25) is 9.59 Å². The number of furan rings is 1. The van der Waals surface area contributed by atoms with Crippen molar-refractivity contribution in [3.8, 4) is 11.3 Å². The lowest BCUT2D eigenvalue weighted by Gasteiger charge is -2.36. The summed E-state index contributed by atoms with van der Waals surface area (Å²) in [5.74, 6) is 0.893. The number of hydrogen-bond acceptors (Lipinski definition) is 4. The molecule has 0 saturated carbocycles. The molecule has 5 rings (SSSR count). The van der Waals surface area contributed by atoms with Gasteiger partial charge in [0.05, 0.1) is 10.0 Å². The van der Waals surface area contributed by atoms with Gasteiger partial charge in [-0.25, -0.2) is 0 Å². The van der Waals surface area contributed by atoms with Gasteiger partial charge in [0.25, 0.3) is 5.91 Å². The molecule has 8 heteroatoms. The minimum absolute atomic E-state index is 0.0763. The summed E-state index contributed by atoms with van der Waals surface area (Å²) >= 11 is 12.4. The zero-order chi connectivity index (χ0) is 28.1. The number of nitrogens with zero attached hydrogens (tertiary/aromatic N) is 2. The highest BCUT2D eigenvalue weighted by atomic mass is 35.5. The predicted molar refractivity (Wildman–Crippen MR) is 162 cm³/mol. The van der Waals surface area contributed by atoms with Gasteiger partial charge in [0.15, 0.2) is 0 Å². The van der Waals surface area contributed by atoms with E-state index in [1.165, 1.54) is 11.6 Å². The summed E-state index contributed by atoms with van der Waals surface area (Å²) in [5.41, 5.74) is 4.39. The molecule has 204 valence electrons. The van der Waals surface area contributed by atoms with Crippen molar-refractivity contribution in [1.82, 2.24) is 4.90 Å². The molecular weight excluding hydrogens is 545 g/mol. The van der Waals surface area contributed by atoms with Crippen LogP contribution in [0, 0.1) is 0 Å². The van der Waals surface area contributed by atoms with E-state index in [0.29, 0.717) is 45.9 Å². The molecule has 3 aromatic carbocycles. The molecule has 1 aliphatic rings. The molecule has 40 heavy (non-hydrogen) atoms. The molecule has 2 heterocycles. The molecule has 1 aliphatic heterocycles. The van der Waals surface area contributed by atoms with Crippen molar-refractivity contribution in [3.05, 3.63) is 112 Å². The van der Waals surface area contributed by atoms with Gasteiger partial charge < -0.3 is 19.5 Å². The van der Waals surface area contributed by atoms with Crippen molar-refractivity contribution in [2.24, 2.45) is 0 Å². The van der Waals surface area contributed by atoms with E-state index in [0.717, 1.165) is 30.8 Å². The van der Waals surface area contributed by atoms with E-state index in [1.807, 2.05) is 59.5 Å². The molecule has 4 aromatic rings. The fraction of sp³-hybridized carbons (Fsp3) is 0.188. The van der Waals surface area contributed by atoms with Gasteiger partial charge in [0, 0.05) is 54.8 Å². The number of carbonyl (C=O) groups is 2. The summed E-state index contributed by atoms with van der Waals surface area (Å²) < 4.78 is 5.81. The van der Waals surface area contributed by atoms with Gasteiger partial charge in [-0.15, -0.1) is 0 Å². The Morgan fingerprint density at radius 1 is 0.900 bits per heavy atom. The number of halogens is 2. The van der Waals surface area contributed by atoms with Crippen LogP contribution in [0.5, 0.6) is 0 Å². The lowest BCUT2D eigenvalue weighted by atomic mass is 10.1. The average molecular weight is 575 g/mol. The highest BCUT2D eigenvalue weighted by Crippen LogP contribution is 2.34. The maximum Gasteiger partial charge on any atom is 0.253 e. The lowest BCUT2D eigenvalue weighted by Crippen LogP contribution is -2.48. The fourth-order valence-electron chi connectivity index (χ4n) is 4.61. The second-order valence-electron chi connectivity index (χ2n) is 9.50. The van der Waals surface area contributed by atoms with E-state index in [4.69, 9.17) is 27.6 Å². The third kappa shape index (κ3) is 6.41. The normalized spacial score (nSPS) is 13.6. The monoisotopic (exact) mass is 573 g/mol. The van der Waals surface area contributed by atoms with Crippen LogP contribution in [0.2, 0.25) is 10.0 Å². The minimum atomic E-state index is -0.273. The van der Waals surface area contributed by atoms with E-state index in [1.54, 1.807) is 30.3 Å². The summed E-state index contributed by atoms with van der Waals surface area (Å²) in [6, 6.07) is 24.5. The van der Waals surface area contributed by atoms with E-state index < -0.39 is 0 Å². The van der Waals surface area contributed by atoms with Crippen LogP contribution in [0.3, 0.4) is 0 Å². The van der Waals surface area contributed by atoms with E-state index in [2.05, 4.69) is 17.1 Å². The number of amides is 2. The number of carbonyl (C=O) groups excluding carboxylic acids is 2. The third-order valence-electron chi connectivity index (χ3n) is 6.92. The summed E-state index contributed by atoms with van der Waals surface area (Å²) in [4.78, 5) is 29.5. The fourth-order valence-corrected chi connectivity index (χ4v) is 5.01. The first-order valence-corrected chi connectivity index (χ1v) is 13.9. The van der Waals surface area contributed by atoms with E-state index in [-0.39, 0.29) is 11.8 Å². The molecule has 0 aliphatic carbocycles. The summed E-state index contributed by atoms with van der Waals surface area (Å²) in [6.45, 7) is 4.93. The first-order chi connectivity index (χ1) is 19.4. The minimum Gasteiger partial charge on any atom is -0.457 e. The van der Waals surface area contributed by atoms with Gasteiger partial charge in [-0.1, -0.05) is 48.3 Å². The number of anilines is 2. The van der Waals surface area contributed by atoms with Crippen molar-refractivity contribution < 1.29 is 14.0 Å². The Kier molecular flexibility index (Phi) is 8.58. The van der Waals surface area contributed by atoms with Crippen molar-refractivity contribution in [2.45, 2.75) is 13.3 Å². The molecule has 0 radical (unpaired) electrons. The maximum absolute atomic E-state index is 12.9. The molecule has 1 aromatic heterocycles. The molecule has 1 fully saturated rings. The molecule has 6 nitrogen and oxygen atoms in total. The number of aryl methyl sites for hydroxylation is 1. The van der Waals surface area contributed by atoms with Crippen LogP contribution in [-0.4, -0.2) is 42.9 Å². The highest BCUT2D eigenvalue weighted by molar-refractivity contribution is 6.43. The van der Waals surface area contributed by atoms with Crippen LogP contribution in [0.4, 0.5) is 11.4 Å². The second kappa shape index (κ2) is 12.5. The molecule has 1 N–H and O–H groups in total. The molecule has 1 saturated heterocycles. The van der Waals surface area contributed by atoms with Gasteiger partial charge >= 0.3 is 0 Å². The number of benzene rings is 3. The SMILES string of the molecule is CCc1ccc(C(=O)N2CCN(c3ccc(NC(=O)/C=C/c4ccc(-c5cccc(Cl)c5Cl)o4)cc3)CC2)cc1. The Bertz CT molecular complexity index is 1520. The molecule has 0 spiro atoms. The predicted octanol–water partition coefficient (Wildman–Crippen LogP) is 7.43. The lowest BCUT2D eigenvalue weighted by molar-refractivity contribution is -0.111.